The molecule has 0 aliphatic carbocycles. The van der Waals surface area contributed by atoms with Gasteiger partial charge in [0.15, 0.2) is 0 Å². The van der Waals surface area contributed by atoms with Crippen molar-refractivity contribution in [1.29, 1.82) is 0 Å². The van der Waals surface area contributed by atoms with Crippen molar-refractivity contribution in [2.75, 3.05) is 17.2 Å². The lowest BCUT2D eigenvalue weighted by Crippen LogP contribution is -2.30. The maximum Gasteiger partial charge on any atom is 0.226 e. The first kappa shape index (κ1) is 14.1. The summed E-state index contributed by atoms with van der Waals surface area (Å²) in [5.41, 5.74) is 0.0330. The van der Waals surface area contributed by atoms with E-state index in [1.54, 1.807) is 11.3 Å². The van der Waals surface area contributed by atoms with Gasteiger partial charge in [0.2, 0.25) is 5.95 Å². The number of hydrogen-bond acceptors (Lipinski definition) is 5. The van der Waals surface area contributed by atoms with Crippen LogP contribution in [-0.2, 0) is 0 Å². The van der Waals surface area contributed by atoms with Gasteiger partial charge in [-0.25, -0.2) is 4.98 Å². The standard InChI is InChI=1S/C14H22N4S/c1-5-8-15-13-16-11(18-14(3,4)6-2)10-7-9-19-12(10)17-13/h7,9H,5-6,8H2,1-4H3,(H2,15,16,17,18). The summed E-state index contributed by atoms with van der Waals surface area (Å²) < 4.78 is 0. The molecule has 2 rings (SSSR count). The van der Waals surface area contributed by atoms with Gasteiger partial charge < -0.3 is 10.6 Å². The maximum atomic E-state index is 4.62. The van der Waals surface area contributed by atoms with Gasteiger partial charge in [-0.15, -0.1) is 11.3 Å². The zero-order valence-corrected chi connectivity index (χ0v) is 12.9. The number of fused-ring (bicyclic) bond motifs is 1. The number of nitrogens with one attached hydrogen (secondary N) is 2. The Labute approximate surface area is 118 Å². The molecule has 0 unspecified atom stereocenters. The van der Waals surface area contributed by atoms with Crippen LogP contribution in [0, 0.1) is 0 Å². The highest BCUT2D eigenvalue weighted by atomic mass is 32.1. The van der Waals surface area contributed by atoms with Crippen molar-refractivity contribution in [2.45, 2.75) is 46.1 Å². The van der Waals surface area contributed by atoms with Crippen LogP contribution in [0.1, 0.15) is 40.5 Å². The summed E-state index contributed by atoms with van der Waals surface area (Å²) in [6, 6.07) is 2.08. The largest absolute Gasteiger partial charge is 0.364 e. The van der Waals surface area contributed by atoms with Crippen LogP contribution in [0.15, 0.2) is 11.4 Å². The highest BCUT2D eigenvalue weighted by Crippen LogP contribution is 2.29. The van der Waals surface area contributed by atoms with Gasteiger partial charge in [0.1, 0.15) is 10.6 Å². The summed E-state index contributed by atoms with van der Waals surface area (Å²) in [4.78, 5) is 10.2. The average Bonchev–Trinajstić information content (AvgIpc) is 2.84. The lowest BCUT2D eigenvalue weighted by Gasteiger charge is -2.25. The Balaban J connectivity index is 2.36. The van der Waals surface area contributed by atoms with Crippen LogP contribution in [0.2, 0.25) is 0 Å². The van der Waals surface area contributed by atoms with E-state index < -0.39 is 0 Å². The van der Waals surface area contributed by atoms with E-state index in [1.165, 1.54) is 0 Å². The Morgan fingerprint density at radius 1 is 1.26 bits per heavy atom. The topological polar surface area (TPSA) is 49.8 Å². The molecule has 0 atom stereocenters. The average molecular weight is 278 g/mol. The van der Waals surface area contributed by atoms with Crippen molar-refractivity contribution in [2.24, 2.45) is 0 Å². The van der Waals surface area contributed by atoms with Crippen molar-refractivity contribution in [1.82, 2.24) is 9.97 Å². The van der Waals surface area contributed by atoms with Crippen LogP contribution < -0.4 is 10.6 Å². The molecule has 2 N–H and O–H groups in total. The molecular weight excluding hydrogens is 256 g/mol. The Bertz CT molecular complexity index is 547. The van der Waals surface area contributed by atoms with Gasteiger partial charge in [0, 0.05) is 12.1 Å². The fraction of sp³-hybridized carbons (Fsp3) is 0.571. The minimum atomic E-state index is 0.0330. The molecule has 0 saturated heterocycles. The number of anilines is 2. The quantitative estimate of drug-likeness (QED) is 0.834. The fourth-order valence-electron chi connectivity index (χ4n) is 1.68. The number of rotatable bonds is 6. The van der Waals surface area contributed by atoms with Gasteiger partial charge in [-0.05, 0) is 38.1 Å². The van der Waals surface area contributed by atoms with Crippen LogP contribution in [0.4, 0.5) is 11.8 Å². The highest BCUT2D eigenvalue weighted by Gasteiger charge is 2.18. The van der Waals surface area contributed by atoms with Gasteiger partial charge >= 0.3 is 0 Å². The molecule has 0 bridgehead atoms. The number of hydrogen-bond donors (Lipinski definition) is 2. The van der Waals surface area contributed by atoms with E-state index in [2.05, 4.69) is 59.7 Å². The Morgan fingerprint density at radius 2 is 2.05 bits per heavy atom. The molecule has 2 aromatic rings. The lowest BCUT2D eigenvalue weighted by atomic mass is 10.0. The summed E-state index contributed by atoms with van der Waals surface area (Å²) in [7, 11) is 0. The van der Waals surface area contributed by atoms with Crippen LogP contribution >= 0.6 is 11.3 Å². The monoisotopic (exact) mass is 278 g/mol. The van der Waals surface area contributed by atoms with Crippen molar-refractivity contribution >= 4 is 33.3 Å². The van der Waals surface area contributed by atoms with Crippen molar-refractivity contribution in [3.8, 4) is 0 Å². The Kier molecular flexibility index (Phi) is 4.24. The Morgan fingerprint density at radius 3 is 2.74 bits per heavy atom. The molecule has 0 aliphatic heterocycles. The normalized spacial score (nSPS) is 11.8. The zero-order valence-electron chi connectivity index (χ0n) is 12.1. The molecule has 0 fully saturated rings. The third kappa shape index (κ3) is 3.35. The molecule has 0 amide bonds. The number of nitrogens with zero attached hydrogens (tertiary/aromatic N) is 2. The van der Waals surface area contributed by atoms with Gasteiger partial charge in [-0.2, -0.15) is 4.98 Å². The van der Waals surface area contributed by atoms with Gasteiger partial charge in [-0.1, -0.05) is 13.8 Å². The lowest BCUT2D eigenvalue weighted by molar-refractivity contribution is 0.545. The molecular formula is C14H22N4S. The molecule has 5 heteroatoms. The third-order valence-electron chi connectivity index (χ3n) is 3.20. The molecule has 0 saturated carbocycles. The van der Waals surface area contributed by atoms with E-state index in [9.17, 15) is 0 Å². The molecule has 19 heavy (non-hydrogen) atoms. The minimum Gasteiger partial charge on any atom is -0.364 e. The summed E-state index contributed by atoms with van der Waals surface area (Å²) >= 11 is 1.65. The SMILES string of the molecule is CCCNc1nc(NC(C)(C)CC)c2ccsc2n1. The van der Waals surface area contributed by atoms with E-state index in [4.69, 9.17) is 0 Å². The van der Waals surface area contributed by atoms with E-state index in [0.29, 0.717) is 5.95 Å². The zero-order chi connectivity index (χ0) is 13.9. The van der Waals surface area contributed by atoms with Gasteiger partial charge in [0.05, 0.1) is 5.39 Å². The predicted octanol–water partition coefficient (Wildman–Crippen LogP) is 4.11. The van der Waals surface area contributed by atoms with E-state index in [1.807, 2.05) is 0 Å². The van der Waals surface area contributed by atoms with Crippen molar-refractivity contribution in [3.63, 3.8) is 0 Å². The van der Waals surface area contributed by atoms with Crippen LogP contribution in [0.3, 0.4) is 0 Å². The third-order valence-corrected chi connectivity index (χ3v) is 4.01. The molecule has 0 aliphatic rings. The minimum absolute atomic E-state index is 0.0330. The molecule has 2 aromatic heterocycles. The molecule has 104 valence electrons. The highest BCUT2D eigenvalue weighted by molar-refractivity contribution is 7.16. The second kappa shape index (κ2) is 5.74. The first-order valence-corrected chi connectivity index (χ1v) is 7.71. The summed E-state index contributed by atoms with van der Waals surface area (Å²) in [6.07, 6.45) is 2.11. The van der Waals surface area contributed by atoms with Crippen LogP contribution in [-0.4, -0.2) is 22.1 Å². The second-order valence-electron chi connectivity index (χ2n) is 5.32. The smallest absolute Gasteiger partial charge is 0.226 e. The maximum absolute atomic E-state index is 4.62. The second-order valence-corrected chi connectivity index (χ2v) is 6.22. The predicted molar refractivity (Wildman–Crippen MR) is 84.2 cm³/mol. The number of thiophene rings is 1. The molecule has 0 radical (unpaired) electrons. The first-order chi connectivity index (χ1) is 9.05. The summed E-state index contributed by atoms with van der Waals surface area (Å²) in [5.74, 6) is 1.64. The van der Waals surface area contributed by atoms with Gasteiger partial charge in [-0.3, -0.25) is 0 Å². The summed E-state index contributed by atoms with van der Waals surface area (Å²) in [6.45, 7) is 9.58. The van der Waals surface area contributed by atoms with E-state index >= 15 is 0 Å². The van der Waals surface area contributed by atoms with E-state index in [-0.39, 0.29) is 5.54 Å². The Hall–Kier alpha value is -1.36. The van der Waals surface area contributed by atoms with Crippen LogP contribution in [0.5, 0.6) is 0 Å². The number of aromatic nitrogens is 2. The van der Waals surface area contributed by atoms with Crippen LogP contribution in [0.25, 0.3) is 10.2 Å². The van der Waals surface area contributed by atoms with E-state index in [0.717, 1.165) is 35.4 Å². The molecule has 2 heterocycles. The van der Waals surface area contributed by atoms with Crippen molar-refractivity contribution < 1.29 is 0 Å². The molecule has 4 nitrogen and oxygen atoms in total. The van der Waals surface area contributed by atoms with Gasteiger partial charge in [0.25, 0.3) is 0 Å². The first-order valence-electron chi connectivity index (χ1n) is 6.83. The molecule has 0 aromatic carbocycles. The van der Waals surface area contributed by atoms with Crippen molar-refractivity contribution in [3.05, 3.63) is 11.4 Å². The molecule has 0 spiro atoms. The fourth-order valence-corrected chi connectivity index (χ4v) is 2.44. The summed E-state index contributed by atoms with van der Waals surface area (Å²) in [5, 5.41) is 9.96.